The van der Waals surface area contributed by atoms with E-state index in [1.54, 1.807) is 47.6 Å². The third-order valence-electron chi connectivity index (χ3n) is 18.4. The summed E-state index contributed by atoms with van der Waals surface area (Å²) in [5, 5.41) is 31.9. The zero-order valence-corrected chi connectivity index (χ0v) is 39.1. The van der Waals surface area contributed by atoms with Crippen LogP contribution in [0, 0.1) is 51.2 Å². The molecule has 6 saturated carbocycles. The molecule has 0 aromatic rings. The van der Waals surface area contributed by atoms with Gasteiger partial charge in [-0.2, -0.15) is 0 Å². The molecule has 65 heavy (non-hydrogen) atoms. The van der Waals surface area contributed by atoms with E-state index in [9.17, 15) is 43.7 Å². The molecule has 1 unspecified atom stereocenters. The molecule has 0 aromatic carbocycles. The van der Waals surface area contributed by atoms with Crippen LogP contribution in [-0.2, 0) is 38.2 Å². The van der Waals surface area contributed by atoms with Gasteiger partial charge in [0.25, 0.3) is 0 Å². The highest BCUT2D eigenvalue weighted by molar-refractivity contribution is 8.13. The molecular formula is C49H62F4O11S. The fourth-order valence-electron chi connectivity index (χ4n) is 15.6. The number of hydrogen-bond acceptors (Lipinski definition) is 12. The summed E-state index contributed by atoms with van der Waals surface area (Å²) in [6, 6.07) is -1.02. The number of thioether (sulfide) groups is 1. The minimum absolute atomic E-state index is 0.0109. The molecule has 0 spiro atoms. The Balaban J connectivity index is 0.000000178. The second kappa shape index (κ2) is 15.5. The van der Waals surface area contributed by atoms with Crippen LogP contribution in [0.25, 0.3) is 0 Å². The smallest absolute Gasteiger partial charge is 0.306 e. The number of alkyl halides is 4. The van der Waals surface area contributed by atoms with Crippen LogP contribution >= 0.6 is 11.8 Å². The summed E-state index contributed by atoms with van der Waals surface area (Å²) in [6.07, 6.45) is 4.16. The fourth-order valence-corrected chi connectivity index (χ4v) is 16.3. The van der Waals surface area contributed by atoms with Crippen LogP contribution in [-0.4, -0.2) is 109 Å². The molecule has 0 bridgehead atoms. The van der Waals surface area contributed by atoms with Crippen LogP contribution in [0.5, 0.6) is 0 Å². The number of ether oxygens (including phenoxy) is 3. The van der Waals surface area contributed by atoms with Crippen molar-refractivity contribution in [3.8, 4) is 0 Å². The van der Waals surface area contributed by atoms with Gasteiger partial charge >= 0.3 is 5.97 Å². The predicted molar refractivity (Wildman–Crippen MR) is 229 cm³/mol. The largest absolute Gasteiger partial charge is 0.449 e. The Kier molecular flexibility index (Phi) is 11.5. The van der Waals surface area contributed by atoms with Crippen molar-refractivity contribution in [1.82, 2.24) is 0 Å². The third-order valence-corrected chi connectivity index (χ3v) is 19.1. The maximum Gasteiger partial charge on any atom is 0.306 e. The third kappa shape index (κ3) is 6.07. The van der Waals surface area contributed by atoms with Crippen molar-refractivity contribution < 1.29 is 71.1 Å². The Labute approximate surface area is 381 Å². The summed E-state index contributed by atoms with van der Waals surface area (Å²) in [5.41, 5.74) is -11.5. The van der Waals surface area contributed by atoms with E-state index in [0.29, 0.717) is 31.0 Å². The molecule has 0 amide bonds. The Morgan fingerprint density at radius 2 is 1.43 bits per heavy atom. The van der Waals surface area contributed by atoms with Gasteiger partial charge in [0.1, 0.15) is 18.8 Å². The highest BCUT2D eigenvalue weighted by Crippen LogP contribution is 2.74. The molecule has 3 N–H and O–H groups in total. The molecule has 11 nitrogen and oxygen atoms in total. The number of halogens is 4. The van der Waals surface area contributed by atoms with E-state index in [1.165, 1.54) is 31.2 Å². The van der Waals surface area contributed by atoms with Crippen molar-refractivity contribution in [2.75, 3.05) is 12.6 Å². The van der Waals surface area contributed by atoms with Gasteiger partial charge in [0.2, 0.25) is 5.12 Å². The lowest BCUT2D eigenvalue weighted by atomic mass is 9.44. The van der Waals surface area contributed by atoms with Gasteiger partial charge < -0.3 is 29.5 Å². The quantitative estimate of drug-likeness (QED) is 0.187. The molecule has 358 valence electrons. The average Bonchev–Trinajstić information content (AvgIpc) is 3.74. The highest BCUT2D eigenvalue weighted by Gasteiger charge is 2.81. The van der Waals surface area contributed by atoms with Gasteiger partial charge in [-0.3, -0.25) is 24.0 Å². The lowest BCUT2D eigenvalue weighted by Crippen LogP contribution is -2.70. The number of hydrogen-bond donors (Lipinski definition) is 3. The zero-order valence-electron chi connectivity index (χ0n) is 38.3. The first-order valence-corrected chi connectivity index (χ1v) is 23.9. The van der Waals surface area contributed by atoms with Crippen LogP contribution in [0.15, 0.2) is 47.6 Å². The lowest BCUT2D eigenvalue weighted by molar-refractivity contribution is -0.246. The molecule has 1 aliphatic heterocycles. The van der Waals surface area contributed by atoms with E-state index in [-0.39, 0.29) is 49.4 Å². The Bertz CT molecular complexity index is 2210. The van der Waals surface area contributed by atoms with Crippen molar-refractivity contribution in [3.05, 3.63) is 47.6 Å². The lowest BCUT2D eigenvalue weighted by Gasteiger charge is -2.63. The van der Waals surface area contributed by atoms with Gasteiger partial charge in [0.05, 0.1) is 18.3 Å². The monoisotopic (exact) mass is 934 g/mol. The molecule has 9 aliphatic rings. The van der Waals surface area contributed by atoms with E-state index in [2.05, 4.69) is 0 Å². The number of Topliss-reactive ketones (excluding diaryl/α,β-unsaturated/α-hetero) is 1. The number of carbonyl (C=O) groups excluding carboxylic acids is 5. The van der Waals surface area contributed by atoms with E-state index >= 15 is 13.2 Å². The van der Waals surface area contributed by atoms with Crippen molar-refractivity contribution >= 4 is 40.2 Å². The van der Waals surface area contributed by atoms with Gasteiger partial charge in [-0.1, -0.05) is 45.4 Å². The SMILES string of the molecule is CC1(C)O[C@@H]2C[C@H]3[C@@H]4CCC5=CC(=O)C=C[C@]5(C)[C@@]4(F)[C@@H](O)C[C@]3(C)[C@]2(C(=O)CO)O1.CCC(=O)O[C@]1(C(=O)SCF)[C@H](C)C[C@H]2C3C[C@H](F)C4=CC(=O)C=C[C@]4(C)[C@@]3(F)[C@@H](O)C[C@@]21C. The molecule has 9 rings (SSSR count). The number of fused-ring (bicyclic) bond motifs is 12. The molecule has 1 saturated heterocycles. The number of esters is 1. The first kappa shape index (κ1) is 48.4. The number of rotatable bonds is 6. The summed E-state index contributed by atoms with van der Waals surface area (Å²) in [4.78, 5) is 62.9. The summed E-state index contributed by atoms with van der Waals surface area (Å²) in [6.45, 7) is 12.9. The summed E-state index contributed by atoms with van der Waals surface area (Å²) in [7, 11) is 0. The van der Waals surface area contributed by atoms with Crippen LogP contribution in [0.4, 0.5) is 17.6 Å². The Morgan fingerprint density at radius 3 is 2.05 bits per heavy atom. The maximum atomic E-state index is 17.2. The van der Waals surface area contributed by atoms with Crippen molar-refractivity contribution in [1.29, 1.82) is 0 Å². The standard InChI is InChI=1S/C25H31F3O5S.C24H31FO6/c1-5-20(31)33-25(21(32)34-12-26)13(2)8-15-16-10-18(27)17-9-14(29)6-7-22(17,3)24(16,28)19(30)11-23(15,25)4;1-20(2)30-19-10-16-15-6-5-13-9-14(27)7-8-21(13,3)23(15,25)17(28)11-22(16,4)24(19,31-20)18(29)12-26/h6-7,9,13,15-16,18-19,30H,5,8,10-12H2,1-4H3;7-9,15-17,19,26,28H,5-6,10-12H2,1-4H3/t13-,15+,16?,18+,19+,22+,23+,24+,25+;15-,16-,17-,19+,21-,22-,23-,24+/m10/s1. The van der Waals surface area contributed by atoms with Gasteiger partial charge in [0, 0.05) is 45.8 Å². The van der Waals surface area contributed by atoms with E-state index in [0.717, 1.165) is 11.6 Å². The summed E-state index contributed by atoms with van der Waals surface area (Å²) < 4.78 is 81.3. The van der Waals surface area contributed by atoms with Crippen molar-refractivity contribution in [3.63, 3.8) is 0 Å². The van der Waals surface area contributed by atoms with E-state index in [1.807, 2.05) is 6.92 Å². The van der Waals surface area contributed by atoms with E-state index in [4.69, 9.17) is 14.2 Å². The van der Waals surface area contributed by atoms with Gasteiger partial charge in [-0.15, -0.1) is 0 Å². The van der Waals surface area contributed by atoms with Crippen LogP contribution in [0.1, 0.15) is 107 Å². The minimum atomic E-state index is -2.30. The summed E-state index contributed by atoms with van der Waals surface area (Å²) >= 11 is 0.396. The maximum absolute atomic E-state index is 17.2. The van der Waals surface area contributed by atoms with Crippen molar-refractivity contribution in [2.24, 2.45) is 51.2 Å². The van der Waals surface area contributed by atoms with Crippen LogP contribution in [0.2, 0.25) is 0 Å². The normalized spacial score (nSPS) is 49.6. The highest BCUT2D eigenvalue weighted by atomic mass is 32.2. The van der Waals surface area contributed by atoms with Gasteiger partial charge in [-0.05, 0) is 126 Å². The topological polar surface area (TPSA) is 174 Å². The van der Waals surface area contributed by atoms with E-state index < -0.39 is 133 Å². The van der Waals surface area contributed by atoms with Crippen molar-refractivity contribution in [2.45, 2.75) is 160 Å². The summed E-state index contributed by atoms with van der Waals surface area (Å²) in [5.74, 6) is -5.75. The van der Waals surface area contributed by atoms with Gasteiger partial charge in [-0.25, -0.2) is 17.6 Å². The van der Waals surface area contributed by atoms with Crippen LogP contribution < -0.4 is 0 Å². The Morgan fingerprint density at radius 1 is 0.846 bits per heavy atom. The second-order valence-corrected chi connectivity index (χ2v) is 22.4. The molecule has 0 radical (unpaired) electrons. The number of ketones is 3. The number of allylic oxidation sites excluding steroid dienone is 8. The first-order valence-electron chi connectivity index (χ1n) is 22.9. The molecule has 17 atom stereocenters. The van der Waals surface area contributed by atoms with Gasteiger partial charge in [0.15, 0.2) is 45.7 Å². The number of aliphatic hydroxyl groups is 3. The second-order valence-electron chi connectivity index (χ2n) is 21.5. The number of carbonyl (C=O) groups is 5. The predicted octanol–water partition coefficient (Wildman–Crippen LogP) is 6.85. The minimum Gasteiger partial charge on any atom is -0.449 e. The molecule has 16 heteroatoms. The fraction of sp³-hybridized carbons (Fsp3) is 0.735. The first-order chi connectivity index (χ1) is 30.2. The average molecular weight is 935 g/mol. The Hall–Kier alpha value is -3.02. The number of aliphatic hydroxyl groups excluding tert-OH is 3. The molecule has 0 aromatic heterocycles. The molecule has 7 fully saturated rings. The molecule has 8 aliphatic carbocycles. The molecule has 1 heterocycles. The zero-order chi connectivity index (χ0) is 47.9. The molecular weight excluding hydrogens is 873 g/mol. The van der Waals surface area contributed by atoms with Crippen LogP contribution in [0.3, 0.4) is 0 Å².